The Balaban J connectivity index is 1.80. The molecule has 1 N–H and O–H groups in total. The van der Waals surface area contributed by atoms with Gasteiger partial charge in [0.1, 0.15) is 10.8 Å². The van der Waals surface area contributed by atoms with Gasteiger partial charge in [0.05, 0.1) is 16.3 Å². The molecular weight excluding hydrogens is 466 g/mol. The highest BCUT2D eigenvalue weighted by Gasteiger charge is 2.18. The Bertz CT molecular complexity index is 1200. The third kappa shape index (κ3) is 6.22. The van der Waals surface area contributed by atoms with Crippen LogP contribution in [0.5, 0.6) is 0 Å². The van der Waals surface area contributed by atoms with Crippen LogP contribution >= 0.6 is 23.2 Å². The van der Waals surface area contributed by atoms with Gasteiger partial charge in [0.25, 0.3) is 5.56 Å². The van der Waals surface area contributed by atoms with Crippen LogP contribution in [-0.2, 0) is 25.9 Å². The van der Waals surface area contributed by atoms with Gasteiger partial charge in [-0.1, -0.05) is 53.5 Å². The molecule has 0 radical (unpaired) electrons. The van der Waals surface area contributed by atoms with Gasteiger partial charge < -0.3 is 9.67 Å². The molecule has 1 unspecified atom stereocenters. The quantitative estimate of drug-likeness (QED) is 0.442. The molecule has 2 aromatic carbocycles. The Labute approximate surface area is 202 Å². The predicted octanol–water partition coefficient (Wildman–Crippen LogP) is 5.30. The summed E-state index contributed by atoms with van der Waals surface area (Å²) in [7, 11) is 1.90. The van der Waals surface area contributed by atoms with Crippen molar-refractivity contribution in [2.75, 3.05) is 7.05 Å². The Morgan fingerprint density at radius 2 is 1.79 bits per heavy atom. The maximum absolute atomic E-state index is 14.1. The summed E-state index contributed by atoms with van der Waals surface area (Å²) in [4.78, 5) is 25.9. The van der Waals surface area contributed by atoms with Crippen molar-refractivity contribution in [1.29, 1.82) is 0 Å². The van der Waals surface area contributed by atoms with Gasteiger partial charge in [-0.15, -0.1) is 0 Å². The number of benzene rings is 2. The average molecular weight is 491 g/mol. The van der Waals surface area contributed by atoms with E-state index in [1.807, 2.05) is 24.9 Å². The normalized spacial score (nSPS) is 12.2. The van der Waals surface area contributed by atoms with E-state index in [1.54, 1.807) is 28.8 Å². The first-order valence-corrected chi connectivity index (χ1v) is 11.3. The number of pyridine rings is 1. The fraction of sp³-hybridized carbons (Fsp3) is 0.280. The Morgan fingerprint density at radius 3 is 2.42 bits per heavy atom. The second-order valence-corrected chi connectivity index (χ2v) is 8.87. The summed E-state index contributed by atoms with van der Waals surface area (Å²) in [6, 6.07) is 14.6. The summed E-state index contributed by atoms with van der Waals surface area (Å²) in [5.74, 6) is -1.23. The molecule has 3 rings (SSSR count). The molecule has 0 aliphatic heterocycles. The lowest BCUT2D eigenvalue weighted by atomic mass is 10.1. The van der Waals surface area contributed by atoms with E-state index in [2.05, 4.69) is 0 Å². The zero-order valence-corrected chi connectivity index (χ0v) is 19.9. The zero-order valence-electron chi connectivity index (χ0n) is 18.4. The molecule has 33 heavy (non-hydrogen) atoms. The Kier molecular flexibility index (Phi) is 8.30. The highest BCUT2D eigenvalue weighted by Crippen LogP contribution is 2.22. The van der Waals surface area contributed by atoms with Gasteiger partial charge >= 0.3 is 5.97 Å². The molecule has 0 aliphatic carbocycles. The largest absolute Gasteiger partial charge is 0.478 e. The number of carboxylic acids is 1. The van der Waals surface area contributed by atoms with Crippen LogP contribution in [-0.4, -0.2) is 33.6 Å². The number of carbonyl (C=O) groups is 1. The van der Waals surface area contributed by atoms with Gasteiger partial charge in [-0.25, -0.2) is 9.18 Å². The minimum atomic E-state index is -0.991. The number of likely N-dealkylation sites (N-methyl/N-ethyl adjacent to an activating group) is 1. The van der Waals surface area contributed by atoms with Crippen LogP contribution in [0, 0.1) is 5.82 Å². The monoisotopic (exact) mass is 490 g/mol. The second kappa shape index (κ2) is 11.0. The van der Waals surface area contributed by atoms with Gasteiger partial charge in [0.2, 0.25) is 0 Å². The number of aryl methyl sites for hydroxylation is 1. The number of aromatic nitrogens is 1. The minimum Gasteiger partial charge on any atom is -0.478 e. The molecule has 3 aromatic rings. The van der Waals surface area contributed by atoms with Crippen LogP contribution in [0.2, 0.25) is 10.0 Å². The van der Waals surface area contributed by atoms with Crippen molar-refractivity contribution in [3.05, 3.63) is 103 Å². The molecule has 0 amide bonds. The standard InChI is InChI=1S/C25H25Cl2FN2O3/c1-16(13-19-5-3-4-6-22(19)28)29(2)15-23-20(26)14-21(27)24(31)30(23)12-11-17-7-9-18(10-8-17)25(32)33/h3-10,14,16H,11-13,15H2,1-2H3,(H,32,33). The predicted molar refractivity (Wildman–Crippen MR) is 129 cm³/mol. The minimum absolute atomic E-state index is 0.0132. The molecular formula is C25H25Cl2FN2O3. The van der Waals surface area contributed by atoms with Gasteiger partial charge in [-0.3, -0.25) is 9.69 Å². The summed E-state index contributed by atoms with van der Waals surface area (Å²) in [5.41, 5.74) is 1.99. The molecule has 1 heterocycles. The van der Waals surface area contributed by atoms with Crippen LogP contribution in [0.3, 0.4) is 0 Å². The van der Waals surface area contributed by atoms with Crippen LogP contribution < -0.4 is 5.56 Å². The average Bonchev–Trinajstić information content (AvgIpc) is 2.78. The number of hydrogen-bond acceptors (Lipinski definition) is 3. The van der Waals surface area contributed by atoms with Gasteiger partial charge in [0, 0.05) is 19.1 Å². The van der Waals surface area contributed by atoms with Crippen molar-refractivity contribution in [3.63, 3.8) is 0 Å². The van der Waals surface area contributed by atoms with Crippen LogP contribution in [0.4, 0.5) is 4.39 Å². The summed E-state index contributed by atoms with van der Waals surface area (Å²) in [5, 5.41) is 9.47. The van der Waals surface area contributed by atoms with E-state index < -0.39 is 5.97 Å². The van der Waals surface area contributed by atoms with Crippen LogP contribution in [0.25, 0.3) is 0 Å². The summed E-state index contributed by atoms with van der Waals surface area (Å²) < 4.78 is 15.6. The lowest BCUT2D eigenvalue weighted by Gasteiger charge is -2.27. The number of rotatable bonds is 9. The first kappa shape index (κ1) is 25.0. The second-order valence-electron chi connectivity index (χ2n) is 8.06. The van der Waals surface area contributed by atoms with Crippen molar-refractivity contribution in [3.8, 4) is 0 Å². The molecule has 0 fully saturated rings. The van der Waals surface area contributed by atoms with Crippen molar-refractivity contribution in [1.82, 2.24) is 9.47 Å². The molecule has 5 nitrogen and oxygen atoms in total. The van der Waals surface area contributed by atoms with Crippen molar-refractivity contribution < 1.29 is 14.3 Å². The van der Waals surface area contributed by atoms with Crippen molar-refractivity contribution in [2.45, 2.75) is 38.9 Å². The zero-order chi connectivity index (χ0) is 24.1. The molecule has 174 valence electrons. The lowest BCUT2D eigenvalue weighted by molar-refractivity contribution is 0.0697. The molecule has 0 saturated heterocycles. The van der Waals surface area contributed by atoms with Crippen LogP contribution in [0.1, 0.15) is 34.1 Å². The van der Waals surface area contributed by atoms with E-state index in [0.29, 0.717) is 42.2 Å². The first-order valence-electron chi connectivity index (χ1n) is 10.5. The van der Waals surface area contributed by atoms with E-state index >= 15 is 0 Å². The van der Waals surface area contributed by atoms with E-state index in [9.17, 15) is 14.0 Å². The lowest BCUT2D eigenvalue weighted by Crippen LogP contribution is -2.34. The molecule has 0 spiro atoms. The summed E-state index contributed by atoms with van der Waals surface area (Å²) in [6.45, 7) is 2.69. The molecule has 0 bridgehead atoms. The summed E-state index contributed by atoms with van der Waals surface area (Å²) in [6.07, 6.45) is 1.01. The topological polar surface area (TPSA) is 62.5 Å². The maximum atomic E-state index is 14.1. The molecule has 1 aromatic heterocycles. The smallest absolute Gasteiger partial charge is 0.335 e. The number of nitrogens with zero attached hydrogens (tertiary/aromatic N) is 2. The van der Waals surface area contributed by atoms with Crippen molar-refractivity contribution >= 4 is 29.2 Å². The van der Waals surface area contributed by atoms with Gasteiger partial charge in [-0.2, -0.15) is 0 Å². The number of carboxylic acid groups (broad SMARTS) is 1. The van der Waals surface area contributed by atoms with E-state index in [-0.39, 0.29) is 28.0 Å². The Hall–Kier alpha value is -2.67. The number of halogens is 3. The number of aromatic carboxylic acids is 1. The van der Waals surface area contributed by atoms with Gasteiger partial charge in [0.15, 0.2) is 0 Å². The molecule has 8 heteroatoms. The molecule has 0 aliphatic rings. The third-order valence-corrected chi connectivity index (χ3v) is 6.35. The van der Waals surface area contributed by atoms with Crippen LogP contribution in [0.15, 0.2) is 59.4 Å². The first-order chi connectivity index (χ1) is 15.7. The van der Waals surface area contributed by atoms with E-state index in [4.69, 9.17) is 28.3 Å². The fourth-order valence-corrected chi connectivity index (χ4v) is 4.16. The molecule has 0 saturated carbocycles. The highest BCUT2D eigenvalue weighted by molar-refractivity contribution is 6.34. The third-order valence-electron chi connectivity index (χ3n) is 5.75. The number of hydrogen-bond donors (Lipinski definition) is 1. The van der Waals surface area contributed by atoms with Crippen molar-refractivity contribution in [2.24, 2.45) is 0 Å². The highest BCUT2D eigenvalue weighted by atomic mass is 35.5. The van der Waals surface area contributed by atoms with E-state index in [1.165, 1.54) is 24.3 Å². The maximum Gasteiger partial charge on any atom is 0.335 e. The van der Waals surface area contributed by atoms with E-state index in [0.717, 1.165) is 5.56 Å². The molecule has 1 atom stereocenters. The SMILES string of the molecule is CC(Cc1ccccc1F)N(C)Cc1c(Cl)cc(Cl)c(=O)n1CCc1ccc(C(=O)O)cc1. The Morgan fingerprint density at radius 1 is 1.12 bits per heavy atom. The fourth-order valence-electron chi connectivity index (χ4n) is 3.62. The van der Waals surface area contributed by atoms with Gasteiger partial charge in [-0.05, 0) is 62.2 Å². The summed E-state index contributed by atoms with van der Waals surface area (Å²) >= 11 is 12.6.